The van der Waals surface area contributed by atoms with Gasteiger partial charge in [0.15, 0.2) is 11.0 Å². The van der Waals surface area contributed by atoms with E-state index in [1.165, 1.54) is 0 Å². The van der Waals surface area contributed by atoms with Crippen LogP contribution >= 0.6 is 23.3 Å². The summed E-state index contributed by atoms with van der Waals surface area (Å²) in [6, 6.07) is 0.450. The Kier molecular flexibility index (Phi) is 2.28. The largest absolute Gasteiger partial charge is 0.363 e. The normalized spacial score (nSPS) is 17.1. The second-order valence-electron chi connectivity index (χ2n) is 2.69. The summed E-state index contributed by atoms with van der Waals surface area (Å²) in [5.74, 6) is 0.718. The van der Waals surface area contributed by atoms with Crippen LogP contribution in [-0.2, 0) is 0 Å². The molecule has 0 saturated carbocycles. The zero-order valence-corrected chi connectivity index (χ0v) is 7.90. The molecule has 0 fully saturated rings. The summed E-state index contributed by atoms with van der Waals surface area (Å²) in [4.78, 5) is 0. The van der Waals surface area contributed by atoms with E-state index in [1.807, 2.05) is 0 Å². The van der Waals surface area contributed by atoms with E-state index >= 15 is 0 Å². The van der Waals surface area contributed by atoms with Crippen molar-refractivity contribution >= 4 is 29.1 Å². The highest BCUT2D eigenvalue weighted by Crippen LogP contribution is 2.22. The monoisotopic (exact) mass is 201 g/mol. The highest BCUT2D eigenvalue weighted by molar-refractivity contribution is 6.99. The van der Waals surface area contributed by atoms with Crippen molar-refractivity contribution in [3.8, 4) is 0 Å². The van der Waals surface area contributed by atoms with Crippen molar-refractivity contribution in [1.29, 1.82) is 0 Å². The molecule has 2 rings (SSSR count). The molecule has 0 unspecified atom stereocenters. The van der Waals surface area contributed by atoms with E-state index in [2.05, 4.69) is 26.2 Å². The summed E-state index contributed by atoms with van der Waals surface area (Å²) in [5, 5.41) is 3.71. The fourth-order valence-corrected chi connectivity index (χ4v) is 1.85. The standard InChI is InChI=1S/C7H8ClN3S/c8-6-7(11-12-10-6)9-5-3-1-2-4-5/h1-2,5H,3-4H2,(H,9,11). The zero-order chi connectivity index (χ0) is 8.39. The van der Waals surface area contributed by atoms with Crippen molar-refractivity contribution < 1.29 is 0 Å². The second kappa shape index (κ2) is 3.41. The number of anilines is 1. The maximum atomic E-state index is 5.77. The van der Waals surface area contributed by atoms with Crippen LogP contribution in [0.3, 0.4) is 0 Å². The third-order valence-electron chi connectivity index (χ3n) is 1.80. The van der Waals surface area contributed by atoms with Crippen LogP contribution in [-0.4, -0.2) is 14.8 Å². The third-order valence-corrected chi connectivity index (χ3v) is 2.69. The predicted molar refractivity (Wildman–Crippen MR) is 50.7 cm³/mol. The molecule has 64 valence electrons. The van der Waals surface area contributed by atoms with Gasteiger partial charge >= 0.3 is 0 Å². The molecule has 1 aromatic heterocycles. The second-order valence-corrected chi connectivity index (χ2v) is 3.57. The molecule has 3 nitrogen and oxygen atoms in total. The molecule has 1 N–H and O–H groups in total. The van der Waals surface area contributed by atoms with Crippen LogP contribution in [0.15, 0.2) is 12.2 Å². The van der Waals surface area contributed by atoms with Crippen molar-refractivity contribution in [3.63, 3.8) is 0 Å². The van der Waals surface area contributed by atoms with E-state index in [-0.39, 0.29) is 0 Å². The smallest absolute Gasteiger partial charge is 0.186 e. The van der Waals surface area contributed by atoms with E-state index < -0.39 is 0 Å². The molecule has 1 heterocycles. The van der Waals surface area contributed by atoms with Crippen LogP contribution < -0.4 is 5.32 Å². The molecule has 0 atom stereocenters. The lowest BCUT2D eigenvalue weighted by atomic mass is 10.2. The first-order valence-corrected chi connectivity index (χ1v) is 4.86. The van der Waals surface area contributed by atoms with Crippen molar-refractivity contribution in [3.05, 3.63) is 17.3 Å². The Hall–Kier alpha value is -0.610. The van der Waals surface area contributed by atoms with Crippen molar-refractivity contribution in [2.24, 2.45) is 0 Å². The molecular weight excluding hydrogens is 194 g/mol. The summed E-state index contributed by atoms with van der Waals surface area (Å²) in [6.07, 6.45) is 6.42. The molecule has 1 aromatic rings. The highest BCUT2D eigenvalue weighted by Gasteiger charge is 2.13. The lowest BCUT2D eigenvalue weighted by Crippen LogP contribution is -2.15. The number of hydrogen-bond acceptors (Lipinski definition) is 4. The Morgan fingerprint density at radius 1 is 1.42 bits per heavy atom. The van der Waals surface area contributed by atoms with E-state index in [9.17, 15) is 0 Å². The molecular formula is C7H8ClN3S. The molecule has 5 heteroatoms. The molecule has 0 aliphatic heterocycles. The predicted octanol–water partition coefficient (Wildman–Crippen LogP) is 2.32. The van der Waals surface area contributed by atoms with E-state index in [0.29, 0.717) is 11.2 Å². The maximum Gasteiger partial charge on any atom is 0.186 e. The van der Waals surface area contributed by atoms with Crippen molar-refractivity contribution in [2.45, 2.75) is 18.9 Å². The Labute approximate surface area is 79.8 Å². The molecule has 0 radical (unpaired) electrons. The van der Waals surface area contributed by atoms with Gasteiger partial charge in [-0.2, -0.15) is 8.75 Å². The van der Waals surface area contributed by atoms with Gasteiger partial charge in [-0.1, -0.05) is 23.8 Å². The van der Waals surface area contributed by atoms with Crippen LogP contribution in [0.25, 0.3) is 0 Å². The number of nitrogens with one attached hydrogen (secondary N) is 1. The van der Waals surface area contributed by atoms with Crippen LogP contribution in [0.5, 0.6) is 0 Å². The fraction of sp³-hybridized carbons (Fsp3) is 0.429. The zero-order valence-electron chi connectivity index (χ0n) is 6.33. The van der Waals surface area contributed by atoms with Crippen molar-refractivity contribution in [2.75, 3.05) is 5.32 Å². The molecule has 1 aliphatic rings. The summed E-state index contributed by atoms with van der Waals surface area (Å²) in [6.45, 7) is 0. The molecule has 0 aromatic carbocycles. The van der Waals surface area contributed by atoms with Crippen LogP contribution in [0.1, 0.15) is 12.8 Å². The van der Waals surface area contributed by atoms with Crippen LogP contribution in [0.2, 0.25) is 5.15 Å². The average Bonchev–Trinajstić information content (AvgIpc) is 2.65. The van der Waals surface area contributed by atoms with Crippen molar-refractivity contribution in [1.82, 2.24) is 8.75 Å². The lowest BCUT2D eigenvalue weighted by Gasteiger charge is -2.09. The van der Waals surface area contributed by atoms with Gasteiger partial charge in [0.05, 0.1) is 11.7 Å². The highest BCUT2D eigenvalue weighted by atomic mass is 35.5. The van der Waals surface area contributed by atoms with Gasteiger partial charge in [-0.15, -0.1) is 0 Å². The first kappa shape index (κ1) is 8.01. The Bertz CT molecular complexity index is 289. The number of hydrogen-bond donors (Lipinski definition) is 1. The summed E-state index contributed by atoms with van der Waals surface area (Å²) >= 11 is 6.91. The maximum absolute atomic E-state index is 5.77. The average molecular weight is 202 g/mol. The summed E-state index contributed by atoms with van der Waals surface area (Å²) < 4.78 is 7.91. The Morgan fingerprint density at radius 2 is 2.17 bits per heavy atom. The van der Waals surface area contributed by atoms with Gasteiger partial charge in [0.1, 0.15) is 0 Å². The topological polar surface area (TPSA) is 37.8 Å². The number of rotatable bonds is 2. The summed E-state index contributed by atoms with van der Waals surface area (Å²) in [7, 11) is 0. The molecule has 1 aliphatic carbocycles. The van der Waals surface area contributed by atoms with Gasteiger partial charge in [0.25, 0.3) is 0 Å². The first-order valence-electron chi connectivity index (χ1n) is 3.76. The van der Waals surface area contributed by atoms with Gasteiger partial charge in [-0.25, -0.2) is 0 Å². The SMILES string of the molecule is Clc1nsnc1NC1CC=CC1. The fourth-order valence-electron chi connectivity index (χ4n) is 1.19. The molecule has 0 spiro atoms. The molecule has 0 amide bonds. The number of nitrogens with zero attached hydrogens (tertiary/aromatic N) is 2. The summed E-state index contributed by atoms with van der Waals surface area (Å²) in [5.41, 5.74) is 0. The Morgan fingerprint density at radius 3 is 2.75 bits per heavy atom. The van der Waals surface area contributed by atoms with Crippen LogP contribution in [0.4, 0.5) is 5.82 Å². The minimum atomic E-state index is 0.450. The van der Waals surface area contributed by atoms with Crippen LogP contribution in [0, 0.1) is 0 Å². The first-order chi connectivity index (χ1) is 5.86. The molecule has 0 saturated heterocycles. The molecule has 12 heavy (non-hydrogen) atoms. The van der Waals surface area contributed by atoms with Gasteiger partial charge < -0.3 is 5.32 Å². The number of aromatic nitrogens is 2. The molecule has 0 bridgehead atoms. The lowest BCUT2D eigenvalue weighted by molar-refractivity contribution is 0.783. The number of halogens is 1. The van der Waals surface area contributed by atoms with E-state index in [4.69, 9.17) is 11.6 Å². The van der Waals surface area contributed by atoms with E-state index in [1.54, 1.807) is 0 Å². The van der Waals surface area contributed by atoms with Gasteiger partial charge in [0, 0.05) is 6.04 Å². The van der Waals surface area contributed by atoms with Gasteiger partial charge in [0.2, 0.25) is 0 Å². The third kappa shape index (κ3) is 1.59. The van der Waals surface area contributed by atoms with E-state index in [0.717, 1.165) is 30.4 Å². The van der Waals surface area contributed by atoms with Gasteiger partial charge in [-0.05, 0) is 12.8 Å². The quantitative estimate of drug-likeness (QED) is 0.747. The minimum absolute atomic E-state index is 0.450. The minimum Gasteiger partial charge on any atom is -0.363 e. The van der Waals surface area contributed by atoms with Gasteiger partial charge in [-0.3, -0.25) is 0 Å². The Balaban J connectivity index is 1.99.